The van der Waals surface area contributed by atoms with Crippen molar-refractivity contribution in [2.75, 3.05) is 5.32 Å². The van der Waals surface area contributed by atoms with E-state index in [9.17, 15) is 9.59 Å². The molecule has 0 saturated carbocycles. The molecule has 2 aromatic carbocycles. The van der Waals surface area contributed by atoms with Gasteiger partial charge in [0, 0.05) is 20.3 Å². The molecule has 0 saturated heterocycles. The number of benzene rings is 2. The van der Waals surface area contributed by atoms with Gasteiger partial charge in [0.25, 0.3) is 5.56 Å². The van der Waals surface area contributed by atoms with Crippen LogP contribution in [0.1, 0.15) is 25.8 Å². The van der Waals surface area contributed by atoms with Gasteiger partial charge in [0.05, 0.1) is 17.2 Å². The van der Waals surface area contributed by atoms with Gasteiger partial charge in [-0.1, -0.05) is 29.8 Å². The van der Waals surface area contributed by atoms with Crippen LogP contribution in [0.2, 0.25) is 0 Å². The Morgan fingerprint density at radius 2 is 2.07 bits per heavy atom. The number of nitrogens with one attached hydrogen (secondary N) is 1. The van der Waals surface area contributed by atoms with Crippen LogP contribution in [-0.4, -0.2) is 20.7 Å². The summed E-state index contributed by atoms with van der Waals surface area (Å²) in [6.45, 7) is 6.25. The van der Waals surface area contributed by atoms with E-state index in [1.165, 1.54) is 15.8 Å². The second kappa shape index (κ2) is 8.92. The lowest BCUT2D eigenvalue weighted by atomic mass is 10.2. The van der Waals surface area contributed by atoms with Gasteiger partial charge in [-0.15, -0.1) is 11.8 Å². The maximum Gasteiger partial charge on any atom is 0.261 e. The van der Waals surface area contributed by atoms with Gasteiger partial charge in [0.2, 0.25) is 5.91 Å². The van der Waals surface area contributed by atoms with Crippen LogP contribution in [0, 0.1) is 6.92 Å². The van der Waals surface area contributed by atoms with Crippen molar-refractivity contribution in [2.45, 2.75) is 43.9 Å². The minimum atomic E-state index is -0.260. The van der Waals surface area contributed by atoms with E-state index >= 15 is 0 Å². The maximum absolute atomic E-state index is 12.6. The van der Waals surface area contributed by atoms with Crippen LogP contribution in [0.5, 0.6) is 0 Å². The number of carbonyl (C=O) groups excluding carboxylic acids is 1. The average molecular weight is 460 g/mol. The summed E-state index contributed by atoms with van der Waals surface area (Å²) in [5.41, 5.74) is 2.12. The van der Waals surface area contributed by atoms with Gasteiger partial charge < -0.3 is 5.32 Å². The van der Waals surface area contributed by atoms with Crippen molar-refractivity contribution < 1.29 is 4.79 Å². The lowest BCUT2D eigenvalue weighted by Crippen LogP contribution is -2.28. The number of amides is 1. The van der Waals surface area contributed by atoms with E-state index in [2.05, 4.69) is 46.1 Å². The highest BCUT2D eigenvalue weighted by molar-refractivity contribution is 9.10. The third-order valence-electron chi connectivity index (χ3n) is 4.48. The summed E-state index contributed by atoms with van der Waals surface area (Å²) in [5.74, 6) is -0.260. The number of nitrogens with zero attached hydrogens (tertiary/aromatic N) is 2. The van der Waals surface area contributed by atoms with Crippen molar-refractivity contribution in [2.24, 2.45) is 0 Å². The van der Waals surface area contributed by atoms with Crippen LogP contribution in [0.4, 0.5) is 5.69 Å². The molecule has 146 valence electrons. The quantitative estimate of drug-likeness (QED) is 0.526. The number of fused-ring (bicyclic) bond motifs is 1. The number of aromatic nitrogens is 2. The Morgan fingerprint density at radius 1 is 1.29 bits per heavy atom. The first-order chi connectivity index (χ1) is 13.4. The first kappa shape index (κ1) is 20.6. The highest BCUT2D eigenvalue weighted by Gasteiger charge is 2.11. The van der Waals surface area contributed by atoms with E-state index in [1.807, 2.05) is 36.9 Å². The molecule has 1 amide bonds. The zero-order chi connectivity index (χ0) is 20.3. The fraction of sp³-hybridized carbons (Fsp3) is 0.286. The molecule has 1 atom stereocenters. The Kier molecular flexibility index (Phi) is 6.57. The highest BCUT2D eigenvalue weighted by Crippen LogP contribution is 2.28. The molecule has 5 nitrogen and oxygen atoms in total. The van der Waals surface area contributed by atoms with Crippen LogP contribution in [-0.2, 0) is 11.3 Å². The fourth-order valence-electron chi connectivity index (χ4n) is 2.75. The number of aryl methyl sites for hydroxylation is 1. The molecule has 0 spiro atoms. The van der Waals surface area contributed by atoms with Gasteiger partial charge >= 0.3 is 0 Å². The summed E-state index contributed by atoms with van der Waals surface area (Å²) in [5, 5.41) is 3.92. The van der Waals surface area contributed by atoms with Crippen molar-refractivity contribution in [3.05, 3.63) is 63.1 Å². The number of carbonyl (C=O) groups is 1. The third kappa shape index (κ3) is 4.83. The van der Waals surface area contributed by atoms with Crippen molar-refractivity contribution in [1.29, 1.82) is 0 Å². The average Bonchev–Trinajstić information content (AvgIpc) is 2.66. The SMILES string of the molecule is CCC(C)Sc1ccc(NC(=O)Cn2cnc3ccc(Br)cc3c2=O)c(C)c1. The van der Waals surface area contributed by atoms with Gasteiger partial charge in [0.1, 0.15) is 6.54 Å². The van der Waals surface area contributed by atoms with Crippen LogP contribution in [0.15, 0.2) is 56.9 Å². The molecule has 0 aliphatic heterocycles. The number of thioether (sulfide) groups is 1. The Labute approximate surface area is 176 Å². The number of hydrogen-bond donors (Lipinski definition) is 1. The summed E-state index contributed by atoms with van der Waals surface area (Å²) in [7, 11) is 0. The second-order valence-electron chi connectivity index (χ2n) is 6.70. The van der Waals surface area contributed by atoms with Crippen LogP contribution < -0.4 is 10.9 Å². The molecule has 3 rings (SSSR count). The van der Waals surface area contributed by atoms with E-state index in [1.54, 1.807) is 12.1 Å². The van der Waals surface area contributed by atoms with E-state index in [4.69, 9.17) is 0 Å². The molecule has 3 aromatic rings. The topological polar surface area (TPSA) is 64.0 Å². The fourth-order valence-corrected chi connectivity index (χ4v) is 4.14. The first-order valence-corrected chi connectivity index (χ1v) is 10.8. The van der Waals surface area contributed by atoms with E-state index in [0.717, 1.165) is 22.1 Å². The van der Waals surface area contributed by atoms with E-state index in [0.29, 0.717) is 16.2 Å². The van der Waals surface area contributed by atoms with Gasteiger partial charge in [-0.2, -0.15) is 0 Å². The number of rotatable bonds is 6. The summed E-state index contributed by atoms with van der Waals surface area (Å²) in [6, 6.07) is 11.3. The highest BCUT2D eigenvalue weighted by atomic mass is 79.9. The lowest BCUT2D eigenvalue weighted by molar-refractivity contribution is -0.116. The second-order valence-corrected chi connectivity index (χ2v) is 9.13. The molecule has 1 aromatic heterocycles. The lowest BCUT2D eigenvalue weighted by Gasteiger charge is -2.13. The monoisotopic (exact) mass is 459 g/mol. The van der Waals surface area contributed by atoms with Crippen LogP contribution in [0.25, 0.3) is 10.9 Å². The van der Waals surface area contributed by atoms with Gasteiger partial charge in [0.15, 0.2) is 0 Å². The van der Waals surface area contributed by atoms with Crippen molar-refractivity contribution in [3.8, 4) is 0 Å². The molecule has 0 aliphatic carbocycles. The molecule has 0 bridgehead atoms. The largest absolute Gasteiger partial charge is 0.324 e. The number of hydrogen-bond acceptors (Lipinski definition) is 4. The van der Waals surface area contributed by atoms with Crippen molar-refractivity contribution >= 4 is 50.2 Å². The number of anilines is 1. The Morgan fingerprint density at radius 3 is 2.79 bits per heavy atom. The molecule has 1 N–H and O–H groups in total. The zero-order valence-corrected chi connectivity index (χ0v) is 18.4. The third-order valence-corrected chi connectivity index (χ3v) is 6.24. The van der Waals surface area contributed by atoms with Gasteiger partial charge in [-0.3, -0.25) is 14.2 Å². The summed E-state index contributed by atoms with van der Waals surface area (Å²) in [6.07, 6.45) is 2.52. The van der Waals surface area contributed by atoms with E-state index in [-0.39, 0.29) is 18.0 Å². The smallest absolute Gasteiger partial charge is 0.261 e. The predicted molar refractivity (Wildman–Crippen MR) is 119 cm³/mol. The van der Waals surface area contributed by atoms with Gasteiger partial charge in [-0.25, -0.2) is 4.98 Å². The van der Waals surface area contributed by atoms with E-state index < -0.39 is 0 Å². The molecular formula is C21H22BrN3O2S. The molecule has 0 aliphatic rings. The Bertz CT molecular complexity index is 1080. The molecule has 1 unspecified atom stereocenters. The minimum Gasteiger partial charge on any atom is -0.324 e. The molecule has 0 fully saturated rings. The van der Waals surface area contributed by atoms with Crippen LogP contribution >= 0.6 is 27.7 Å². The molecule has 7 heteroatoms. The molecule has 0 radical (unpaired) electrons. The molecular weight excluding hydrogens is 438 g/mol. The van der Waals surface area contributed by atoms with Crippen molar-refractivity contribution in [3.63, 3.8) is 0 Å². The minimum absolute atomic E-state index is 0.0862. The summed E-state index contributed by atoms with van der Waals surface area (Å²) in [4.78, 5) is 30.6. The summed E-state index contributed by atoms with van der Waals surface area (Å²) < 4.78 is 2.12. The van der Waals surface area contributed by atoms with Gasteiger partial charge in [-0.05, 0) is 55.3 Å². The standard InChI is InChI=1S/C21H22BrN3O2S/c1-4-14(3)28-16-6-8-18(13(2)9-16)24-20(26)11-25-12-23-19-7-5-15(22)10-17(19)21(25)27/h5-10,12,14H,4,11H2,1-3H3,(H,24,26). The normalized spacial score (nSPS) is 12.1. The Balaban J connectivity index is 1.75. The predicted octanol–water partition coefficient (Wildman–Crippen LogP) is 5.00. The Hall–Kier alpha value is -2.12. The molecule has 28 heavy (non-hydrogen) atoms. The molecule has 1 heterocycles. The van der Waals surface area contributed by atoms with Crippen LogP contribution in [0.3, 0.4) is 0 Å². The maximum atomic E-state index is 12.6. The summed E-state index contributed by atoms with van der Waals surface area (Å²) >= 11 is 5.18. The number of halogens is 1. The first-order valence-electron chi connectivity index (χ1n) is 9.09. The van der Waals surface area contributed by atoms with Crippen molar-refractivity contribution in [1.82, 2.24) is 9.55 Å². The zero-order valence-electron chi connectivity index (χ0n) is 16.0.